The van der Waals surface area contributed by atoms with E-state index in [-0.39, 0.29) is 24.7 Å². The Hall–Kier alpha value is -3.07. The molecule has 6 nitrogen and oxygen atoms in total. The molecule has 2 heterocycles. The number of carbonyl (C=O) groups is 2. The molecule has 2 aromatic rings. The molecule has 164 valence electrons. The number of nitrogens with zero attached hydrogens (tertiary/aromatic N) is 3. The number of rotatable bonds is 4. The van der Waals surface area contributed by atoms with E-state index in [0.717, 1.165) is 12.1 Å². The Balaban J connectivity index is 1.88. The van der Waals surface area contributed by atoms with Gasteiger partial charge in [0.15, 0.2) is 0 Å². The average molecular weight is 552 g/mol. The van der Waals surface area contributed by atoms with Gasteiger partial charge < -0.3 is 10.2 Å². The van der Waals surface area contributed by atoms with Crippen molar-refractivity contribution < 1.29 is 22.8 Å². The van der Waals surface area contributed by atoms with E-state index in [1.54, 1.807) is 24.3 Å². The zero-order chi connectivity index (χ0) is 23.0. The molecule has 0 fully saturated rings. The Kier molecular flexibility index (Phi) is 5.85. The van der Waals surface area contributed by atoms with E-state index in [9.17, 15) is 22.8 Å². The normalized spacial score (nSPS) is 18.5. The van der Waals surface area contributed by atoms with Crippen LogP contribution in [0.1, 0.15) is 22.7 Å². The number of amides is 3. The molecule has 0 saturated carbocycles. The van der Waals surface area contributed by atoms with Gasteiger partial charge in [-0.25, -0.2) is 4.79 Å². The third kappa shape index (κ3) is 3.81. The lowest BCUT2D eigenvalue weighted by molar-refractivity contribution is -0.137. The lowest BCUT2D eigenvalue weighted by atomic mass is 9.93. The topological polar surface area (TPSA) is 76.4 Å². The van der Waals surface area contributed by atoms with E-state index < -0.39 is 23.8 Å². The van der Waals surface area contributed by atoms with Gasteiger partial charge in [0.25, 0.3) is 5.91 Å². The molecule has 0 bridgehead atoms. The number of benzene rings is 2. The number of nitriles is 1. The van der Waals surface area contributed by atoms with E-state index in [0.29, 0.717) is 26.8 Å². The Morgan fingerprint density at radius 2 is 1.88 bits per heavy atom. The van der Waals surface area contributed by atoms with Crippen LogP contribution in [0.15, 0.2) is 59.8 Å². The van der Waals surface area contributed by atoms with Gasteiger partial charge >= 0.3 is 12.2 Å². The van der Waals surface area contributed by atoms with Gasteiger partial charge in [0, 0.05) is 11.0 Å². The Bertz CT molecular complexity index is 1160. The molecule has 2 aliphatic rings. The van der Waals surface area contributed by atoms with Gasteiger partial charge in [-0.15, -0.1) is 0 Å². The molecule has 1 atom stereocenters. The average Bonchev–Trinajstić information content (AvgIpc) is 3.15. The van der Waals surface area contributed by atoms with Gasteiger partial charge in [-0.05, 0) is 35.9 Å². The van der Waals surface area contributed by atoms with E-state index in [1.165, 1.54) is 21.9 Å². The van der Waals surface area contributed by atoms with Crippen LogP contribution in [0.2, 0.25) is 0 Å². The Morgan fingerprint density at radius 1 is 1.16 bits per heavy atom. The zero-order valence-electron chi connectivity index (χ0n) is 16.5. The Morgan fingerprint density at radius 3 is 2.50 bits per heavy atom. The van der Waals surface area contributed by atoms with Gasteiger partial charge in [0.2, 0.25) is 0 Å². The Labute approximate surface area is 195 Å². The van der Waals surface area contributed by atoms with Gasteiger partial charge in [0.1, 0.15) is 0 Å². The lowest BCUT2D eigenvalue weighted by Crippen LogP contribution is -2.51. The summed E-state index contributed by atoms with van der Waals surface area (Å²) in [5.41, 5.74) is 0.903. The zero-order valence-corrected chi connectivity index (χ0v) is 18.6. The molecule has 0 aliphatic carbocycles. The molecule has 10 heteroatoms. The summed E-state index contributed by atoms with van der Waals surface area (Å²) in [5.74, 6) is -0.378. The largest absolute Gasteiger partial charge is 0.416 e. The monoisotopic (exact) mass is 552 g/mol. The van der Waals surface area contributed by atoms with Crippen LogP contribution in [0, 0.1) is 11.3 Å². The molecular weight excluding hydrogens is 536 g/mol. The summed E-state index contributed by atoms with van der Waals surface area (Å²) in [4.78, 5) is 29.1. The minimum Gasteiger partial charge on any atom is -0.347 e. The molecule has 0 spiro atoms. The fourth-order valence-electron chi connectivity index (χ4n) is 3.97. The van der Waals surface area contributed by atoms with Crippen molar-refractivity contribution in [3.8, 4) is 6.07 Å². The van der Waals surface area contributed by atoms with Gasteiger partial charge in [-0.2, -0.15) is 18.4 Å². The summed E-state index contributed by atoms with van der Waals surface area (Å²) in [7, 11) is 0. The minimum absolute atomic E-state index is 0.0288. The van der Waals surface area contributed by atoms with Crippen LogP contribution < -0.4 is 10.2 Å². The molecule has 0 aromatic heterocycles. The molecular formula is C22H16F3IN4O2. The lowest BCUT2D eigenvalue weighted by Gasteiger charge is -2.41. The molecule has 3 amide bonds. The van der Waals surface area contributed by atoms with Crippen LogP contribution in [-0.4, -0.2) is 34.4 Å². The van der Waals surface area contributed by atoms with Crippen molar-refractivity contribution in [3.05, 3.63) is 76.5 Å². The van der Waals surface area contributed by atoms with Crippen LogP contribution >= 0.6 is 22.6 Å². The highest BCUT2D eigenvalue weighted by Crippen LogP contribution is 2.42. The first kappa shape index (κ1) is 22.1. The first-order chi connectivity index (χ1) is 15.3. The summed E-state index contributed by atoms with van der Waals surface area (Å²) in [6.45, 7) is 0.310. The summed E-state index contributed by atoms with van der Waals surface area (Å²) in [6, 6.07) is 11.9. The fraction of sp³-hybridized carbons (Fsp3) is 0.227. The third-order valence-electron chi connectivity index (χ3n) is 5.38. The fourth-order valence-corrected chi connectivity index (χ4v) is 4.49. The van der Waals surface area contributed by atoms with Crippen molar-refractivity contribution in [2.24, 2.45) is 0 Å². The summed E-state index contributed by atoms with van der Waals surface area (Å²) < 4.78 is 40.4. The van der Waals surface area contributed by atoms with Crippen molar-refractivity contribution in [1.82, 2.24) is 10.2 Å². The smallest absolute Gasteiger partial charge is 0.347 e. The highest BCUT2D eigenvalue weighted by molar-refractivity contribution is 14.1. The molecule has 2 aliphatic heterocycles. The second kappa shape index (κ2) is 8.46. The van der Waals surface area contributed by atoms with Crippen LogP contribution in [0.4, 0.5) is 23.7 Å². The molecule has 2 aromatic carbocycles. The maximum Gasteiger partial charge on any atom is 0.416 e. The predicted octanol–water partition coefficient (Wildman–Crippen LogP) is 4.38. The number of nitrogens with one attached hydrogen (secondary N) is 1. The third-order valence-corrected chi connectivity index (χ3v) is 5.86. The summed E-state index contributed by atoms with van der Waals surface area (Å²) >= 11 is 2.10. The molecule has 1 unspecified atom stereocenters. The maximum absolute atomic E-state index is 13.6. The maximum atomic E-state index is 13.6. The quantitative estimate of drug-likeness (QED) is 0.452. The molecule has 0 radical (unpaired) electrons. The van der Waals surface area contributed by atoms with Crippen molar-refractivity contribution >= 4 is 40.2 Å². The van der Waals surface area contributed by atoms with E-state index in [2.05, 4.69) is 27.9 Å². The van der Waals surface area contributed by atoms with E-state index >= 15 is 0 Å². The number of anilines is 1. The van der Waals surface area contributed by atoms with Crippen molar-refractivity contribution in [1.29, 1.82) is 5.26 Å². The summed E-state index contributed by atoms with van der Waals surface area (Å²) in [5, 5.41) is 11.8. The van der Waals surface area contributed by atoms with Gasteiger partial charge in [-0.3, -0.25) is 9.69 Å². The minimum atomic E-state index is -4.57. The second-order valence-corrected chi connectivity index (χ2v) is 8.31. The number of alkyl halides is 4. The van der Waals surface area contributed by atoms with Crippen LogP contribution in [-0.2, 0) is 11.0 Å². The number of hydrogen-bond donors (Lipinski definition) is 1. The number of carbonyl (C=O) groups excluding carboxylic acids is 2. The van der Waals surface area contributed by atoms with E-state index in [4.69, 9.17) is 5.26 Å². The van der Waals surface area contributed by atoms with Gasteiger partial charge in [0.05, 0.1) is 46.7 Å². The first-order valence-corrected chi connectivity index (χ1v) is 11.1. The second-order valence-electron chi connectivity index (χ2n) is 7.23. The van der Waals surface area contributed by atoms with Gasteiger partial charge in [-0.1, -0.05) is 40.8 Å². The number of urea groups is 1. The molecule has 4 rings (SSSR count). The van der Waals surface area contributed by atoms with Crippen molar-refractivity contribution in [2.45, 2.75) is 12.2 Å². The highest BCUT2D eigenvalue weighted by atomic mass is 127. The molecule has 0 saturated heterocycles. The van der Waals surface area contributed by atoms with E-state index in [1.807, 2.05) is 6.07 Å². The highest BCUT2D eigenvalue weighted by Gasteiger charge is 2.46. The first-order valence-electron chi connectivity index (χ1n) is 9.61. The van der Waals surface area contributed by atoms with Crippen molar-refractivity contribution in [3.63, 3.8) is 0 Å². The number of hydrogen-bond acceptors (Lipinski definition) is 3. The van der Waals surface area contributed by atoms with Crippen LogP contribution in [0.5, 0.6) is 0 Å². The molecule has 1 N–H and O–H groups in total. The number of halogens is 4. The van der Waals surface area contributed by atoms with Crippen LogP contribution in [0.3, 0.4) is 0 Å². The predicted molar refractivity (Wildman–Crippen MR) is 119 cm³/mol. The van der Waals surface area contributed by atoms with Crippen molar-refractivity contribution in [2.75, 3.05) is 22.4 Å². The summed E-state index contributed by atoms with van der Waals surface area (Å²) in [6.07, 6.45) is -4.57. The molecule has 32 heavy (non-hydrogen) atoms. The standard InChI is InChI=1S/C22H16F3IN4O2/c23-22(24,25)15-2-1-3-16(10-15)30-17-12-28-20(31)18(17)19(29(9-8-26)21(30)32)14-6-4-13(11-27)5-7-14/h1-7,10,19H,8-9,12H2,(H,28,31). The van der Waals surface area contributed by atoms with Crippen LogP contribution in [0.25, 0.3) is 0 Å². The SMILES string of the molecule is N#Cc1ccc(C2C3=C(CNC3=O)N(c3cccc(C(F)(F)F)c3)C(=O)N2CCI)cc1.